The van der Waals surface area contributed by atoms with Crippen LogP contribution in [0.4, 0.5) is 0 Å². The minimum Gasteiger partial charge on any atom is -0.456 e. The Kier molecular flexibility index (Phi) is 6.23. The first-order chi connectivity index (χ1) is 26.0. The van der Waals surface area contributed by atoms with Crippen LogP contribution in [0.3, 0.4) is 0 Å². The number of hydrogen-bond acceptors (Lipinski definition) is 5. The molecule has 5 nitrogen and oxygen atoms in total. The molecule has 0 bridgehead atoms. The van der Waals surface area contributed by atoms with Crippen LogP contribution in [0.15, 0.2) is 160 Å². The number of para-hydroxylation sites is 1. The van der Waals surface area contributed by atoms with E-state index in [1.807, 2.05) is 54.6 Å². The molecule has 11 rings (SSSR count). The molecule has 3 heterocycles. The van der Waals surface area contributed by atoms with Gasteiger partial charge in [-0.3, -0.25) is 0 Å². The molecule has 250 valence electrons. The van der Waals surface area contributed by atoms with Gasteiger partial charge in [0.05, 0.1) is 0 Å². The molecule has 0 N–H and O–H groups in total. The molecule has 0 saturated heterocycles. The van der Waals surface area contributed by atoms with Crippen LogP contribution < -0.4 is 0 Å². The summed E-state index contributed by atoms with van der Waals surface area (Å²) in [4.78, 5) is 15.2. The lowest BCUT2D eigenvalue weighted by molar-refractivity contribution is 0.660. The molecule has 5 heteroatoms. The van der Waals surface area contributed by atoms with Crippen LogP contribution in [-0.2, 0) is 5.41 Å². The first-order valence-corrected chi connectivity index (χ1v) is 17.9. The Morgan fingerprint density at radius 2 is 0.943 bits per heavy atom. The fraction of sp³-hybridized carbons (Fsp3) is 0.0625. The lowest BCUT2D eigenvalue weighted by Gasteiger charge is -2.21. The predicted molar refractivity (Wildman–Crippen MR) is 214 cm³/mol. The Morgan fingerprint density at radius 3 is 1.75 bits per heavy atom. The second kappa shape index (κ2) is 11.1. The monoisotopic (exact) mass is 681 g/mol. The van der Waals surface area contributed by atoms with E-state index in [0.717, 1.165) is 71.7 Å². The fourth-order valence-corrected chi connectivity index (χ4v) is 8.29. The third-order valence-corrected chi connectivity index (χ3v) is 11.0. The molecule has 0 amide bonds. The maximum Gasteiger partial charge on any atom is 0.164 e. The lowest BCUT2D eigenvalue weighted by atomic mass is 9.82. The van der Waals surface area contributed by atoms with Gasteiger partial charge in [-0.05, 0) is 75.8 Å². The van der Waals surface area contributed by atoms with Crippen LogP contribution in [0, 0.1) is 0 Å². The molecule has 0 radical (unpaired) electrons. The van der Waals surface area contributed by atoms with Crippen LogP contribution in [0.25, 0.3) is 100 Å². The number of nitrogens with zero attached hydrogens (tertiary/aromatic N) is 3. The van der Waals surface area contributed by atoms with E-state index in [0.29, 0.717) is 17.5 Å². The quantitative estimate of drug-likeness (QED) is 0.185. The summed E-state index contributed by atoms with van der Waals surface area (Å²) in [6.45, 7) is 4.59. The van der Waals surface area contributed by atoms with Crippen molar-refractivity contribution in [3.05, 3.63) is 163 Å². The first kappa shape index (κ1) is 29.8. The smallest absolute Gasteiger partial charge is 0.164 e. The summed E-state index contributed by atoms with van der Waals surface area (Å²) >= 11 is 0. The zero-order valence-corrected chi connectivity index (χ0v) is 29.1. The van der Waals surface area contributed by atoms with Crippen molar-refractivity contribution in [1.29, 1.82) is 0 Å². The Bertz CT molecular complexity index is 3100. The summed E-state index contributed by atoms with van der Waals surface area (Å²) in [6, 6.07) is 52.5. The van der Waals surface area contributed by atoms with Gasteiger partial charge >= 0.3 is 0 Å². The highest BCUT2D eigenvalue weighted by molar-refractivity contribution is 6.13. The van der Waals surface area contributed by atoms with Crippen molar-refractivity contribution < 1.29 is 8.83 Å². The third-order valence-electron chi connectivity index (χ3n) is 11.0. The largest absolute Gasteiger partial charge is 0.456 e. The maximum atomic E-state index is 6.60. The summed E-state index contributed by atoms with van der Waals surface area (Å²) in [6.07, 6.45) is 0. The van der Waals surface area contributed by atoms with E-state index < -0.39 is 0 Å². The standard InChI is InChI=1S/C48H31N3O2/c1-48(2)38-16-8-6-13-33(38)34-22-20-30(25-39(34)48)46-49-45(28-11-4-3-5-12-28)50-47(51-46)31-21-24-36-35-23-19-29(26-42(35)53-43(36)27-31)32-15-10-18-41-44(32)37-14-7-9-17-40(37)52-41/h3-27H,1-2H3. The van der Waals surface area contributed by atoms with E-state index in [1.54, 1.807) is 0 Å². The summed E-state index contributed by atoms with van der Waals surface area (Å²) in [5.74, 6) is 1.86. The molecule has 1 aliphatic rings. The molecule has 7 aromatic carbocycles. The number of aromatic nitrogens is 3. The first-order valence-electron chi connectivity index (χ1n) is 17.9. The normalized spacial score (nSPS) is 13.2. The number of furan rings is 2. The molecular formula is C48H31N3O2. The zero-order valence-electron chi connectivity index (χ0n) is 29.1. The number of benzene rings is 7. The molecule has 0 fully saturated rings. The van der Waals surface area contributed by atoms with E-state index >= 15 is 0 Å². The molecule has 0 atom stereocenters. The number of rotatable bonds is 4. The van der Waals surface area contributed by atoms with Gasteiger partial charge in [0.1, 0.15) is 22.3 Å². The van der Waals surface area contributed by atoms with Crippen molar-refractivity contribution in [3.8, 4) is 56.4 Å². The Morgan fingerprint density at radius 1 is 0.377 bits per heavy atom. The predicted octanol–water partition coefficient (Wildman–Crippen LogP) is 12.6. The van der Waals surface area contributed by atoms with Crippen molar-refractivity contribution in [3.63, 3.8) is 0 Å². The van der Waals surface area contributed by atoms with Crippen molar-refractivity contribution in [2.24, 2.45) is 0 Å². The lowest BCUT2D eigenvalue weighted by Crippen LogP contribution is -2.15. The van der Waals surface area contributed by atoms with Gasteiger partial charge in [-0.2, -0.15) is 0 Å². The second-order valence-electron chi connectivity index (χ2n) is 14.4. The topological polar surface area (TPSA) is 65.0 Å². The molecule has 0 spiro atoms. The molecular weight excluding hydrogens is 651 g/mol. The number of hydrogen-bond donors (Lipinski definition) is 0. The molecule has 0 saturated carbocycles. The third kappa shape index (κ3) is 4.54. The van der Waals surface area contributed by atoms with E-state index in [1.165, 1.54) is 22.3 Å². The van der Waals surface area contributed by atoms with Crippen molar-refractivity contribution in [1.82, 2.24) is 15.0 Å². The van der Waals surface area contributed by atoms with Gasteiger partial charge in [-0.25, -0.2) is 15.0 Å². The minimum absolute atomic E-state index is 0.134. The maximum absolute atomic E-state index is 6.60. The van der Waals surface area contributed by atoms with Gasteiger partial charge in [0, 0.05) is 43.7 Å². The second-order valence-corrected chi connectivity index (χ2v) is 14.4. The van der Waals surface area contributed by atoms with E-state index in [9.17, 15) is 0 Å². The van der Waals surface area contributed by atoms with Gasteiger partial charge in [-0.15, -0.1) is 0 Å². The molecule has 1 aliphatic carbocycles. The highest BCUT2D eigenvalue weighted by atomic mass is 16.3. The van der Waals surface area contributed by atoms with E-state index in [-0.39, 0.29) is 5.41 Å². The highest BCUT2D eigenvalue weighted by Gasteiger charge is 2.35. The molecule has 10 aromatic rings. The highest BCUT2D eigenvalue weighted by Crippen LogP contribution is 2.49. The van der Waals surface area contributed by atoms with Crippen molar-refractivity contribution in [2.75, 3.05) is 0 Å². The number of fused-ring (bicyclic) bond motifs is 9. The van der Waals surface area contributed by atoms with Crippen LogP contribution in [0.1, 0.15) is 25.0 Å². The summed E-state index contributed by atoms with van der Waals surface area (Å²) in [7, 11) is 0. The Labute approximate surface area is 305 Å². The fourth-order valence-electron chi connectivity index (χ4n) is 8.29. The van der Waals surface area contributed by atoms with Gasteiger partial charge in [-0.1, -0.05) is 123 Å². The van der Waals surface area contributed by atoms with Crippen LogP contribution in [-0.4, -0.2) is 15.0 Å². The van der Waals surface area contributed by atoms with Gasteiger partial charge < -0.3 is 8.83 Å². The van der Waals surface area contributed by atoms with Gasteiger partial charge in [0.15, 0.2) is 17.5 Å². The molecule has 3 aromatic heterocycles. The Balaban J connectivity index is 1.04. The average Bonchev–Trinajstić information content (AvgIpc) is 3.85. The van der Waals surface area contributed by atoms with Gasteiger partial charge in [0.25, 0.3) is 0 Å². The SMILES string of the molecule is CC1(C)c2ccccc2-c2ccc(-c3nc(-c4ccccc4)nc(-c4ccc5c(c4)oc4cc(-c6cccc7oc8ccccc8c67)ccc45)n3)cc21. The summed E-state index contributed by atoms with van der Waals surface area (Å²) in [5.41, 5.74) is 13.3. The van der Waals surface area contributed by atoms with Crippen molar-refractivity contribution >= 4 is 43.9 Å². The van der Waals surface area contributed by atoms with E-state index in [2.05, 4.69) is 111 Å². The Hall–Kier alpha value is -6.85. The van der Waals surface area contributed by atoms with Gasteiger partial charge in [0.2, 0.25) is 0 Å². The van der Waals surface area contributed by atoms with Crippen LogP contribution in [0.5, 0.6) is 0 Å². The van der Waals surface area contributed by atoms with E-state index in [4.69, 9.17) is 23.8 Å². The zero-order chi connectivity index (χ0) is 35.3. The molecule has 0 aliphatic heterocycles. The molecule has 53 heavy (non-hydrogen) atoms. The average molecular weight is 682 g/mol. The van der Waals surface area contributed by atoms with Crippen LogP contribution in [0.2, 0.25) is 0 Å². The summed E-state index contributed by atoms with van der Waals surface area (Å²) in [5, 5.41) is 4.31. The minimum atomic E-state index is -0.134. The van der Waals surface area contributed by atoms with Crippen LogP contribution >= 0.6 is 0 Å². The van der Waals surface area contributed by atoms with Crippen molar-refractivity contribution in [2.45, 2.75) is 19.3 Å². The summed E-state index contributed by atoms with van der Waals surface area (Å²) < 4.78 is 12.8. The molecule has 0 unspecified atom stereocenters.